The number of imidazole rings is 1. The second kappa shape index (κ2) is 10.3. The zero-order chi connectivity index (χ0) is 24.2. The van der Waals surface area contributed by atoms with Gasteiger partial charge in [-0.1, -0.05) is 38.1 Å². The van der Waals surface area contributed by atoms with Crippen LogP contribution in [0.4, 0.5) is 0 Å². The second-order valence-electron chi connectivity index (χ2n) is 9.30. The van der Waals surface area contributed by atoms with E-state index in [0.717, 1.165) is 28.4 Å². The number of ether oxygens (including phenoxy) is 2. The summed E-state index contributed by atoms with van der Waals surface area (Å²) >= 11 is 0. The Bertz CT molecular complexity index is 1280. The lowest BCUT2D eigenvalue weighted by Gasteiger charge is -2.17. The van der Waals surface area contributed by atoms with Crippen LogP contribution >= 0.6 is 0 Å². The molecule has 3 aromatic carbocycles. The lowest BCUT2D eigenvalue weighted by atomic mass is 9.98. The summed E-state index contributed by atoms with van der Waals surface area (Å²) in [5.74, 6) is 2.84. The molecule has 5 nitrogen and oxygen atoms in total. The minimum absolute atomic E-state index is 0.200. The smallest absolute Gasteiger partial charge is 0.148 e. The first-order chi connectivity index (χ1) is 16.3. The van der Waals surface area contributed by atoms with Crippen LogP contribution in [0.15, 0.2) is 60.7 Å². The van der Waals surface area contributed by atoms with Gasteiger partial charge in [-0.05, 0) is 85.3 Å². The molecule has 0 amide bonds. The van der Waals surface area contributed by atoms with E-state index in [2.05, 4.69) is 46.8 Å². The molecule has 5 heteroatoms. The standard InChI is InChI=1S/C29H34N2O3/c1-19(2)26-13-12-25(15-22(26)5)34-18-29-30-27-8-6-7-9-28(27)31(29)16-23(32)17-33-24-11-10-20(3)21(4)14-24/h6-15,19,23,32H,16-18H2,1-5H3. The molecule has 0 radical (unpaired) electrons. The largest absolute Gasteiger partial charge is 0.491 e. The topological polar surface area (TPSA) is 56.5 Å². The minimum Gasteiger partial charge on any atom is -0.491 e. The maximum absolute atomic E-state index is 10.8. The highest BCUT2D eigenvalue weighted by Gasteiger charge is 2.16. The number of aliphatic hydroxyl groups excluding tert-OH is 1. The van der Waals surface area contributed by atoms with Gasteiger partial charge in [-0.2, -0.15) is 0 Å². The third-order valence-corrected chi connectivity index (χ3v) is 6.28. The van der Waals surface area contributed by atoms with Crippen LogP contribution in [0.5, 0.6) is 11.5 Å². The monoisotopic (exact) mass is 458 g/mol. The van der Waals surface area contributed by atoms with Crippen molar-refractivity contribution in [1.82, 2.24) is 9.55 Å². The van der Waals surface area contributed by atoms with Crippen LogP contribution in [0.1, 0.15) is 47.8 Å². The van der Waals surface area contributed by atoms with Crippen molar-refractivity contribution in [2.45, 2.75) is 59.8 Å². The van der Waals surface area contributed by atoms with E-state index in [9.17, 15) is 5.11 Å². The molecular weight excluding hydrogens is 424 g/mol. The van der Waals surface area contributed by atoms with Crippen LogP contribution in [0, 0.1) is 20.8 Å². The normalized spacial score (nSPS) is 12.3. The zero-order valence-corrected chi connectivity index (χ0v) is 20.7. The zero-order valence-electron chi connectivity index (χ0n) is 20.7. The number of aromatic nitrogens is 2. The Hall–Kier alpha value is -3.31. The van der Waals surface area contributed by atoms with Crippen LogP contribution < -0.4 is 9.47 Å². The number of hydrogen-bond donors (Lipinski definition) is 1. The molecule has 0 bridgehead atoms. The van der Waals surface area contributed by atoms with Crippen molar-refractivity contribution in [1.29, 1.82) is 0 Å². The van der Waals surface area contributed by atoms with Crippen molar-refractivity contribution in [3.63, 3.8) is 0 Å². The average molecular weight is 459 g/mol. The highest BCUT2D eigenvalue weighted by atomic mass is 16.5. The van der Waals surface area contributed by atoms with Crippen molar-refractivity contribution >= 4 is 11.0 Å². The van der Waals surface area contributed by atoms with Gasteiger partial charge in [-0.3, -0.25) is 0 Å². The fourth-order valence-corrected chi connectivity index (χ4v) is 4.23. The van der Waals surface area contributed by atoms with E-state index in [0.29, 0.717) is 19.1 Å². The van der Waals surface area contributed by atoms with Crippen LogP contribution in [0.3, 0.4) is 0 Å². The first kappa shape index (κ1) is 23.8. The second-order valence-corrected chi connectivity index (χ2v) is 9.30. The van der Waals surface area contributed by atoms with Crippen molar-refractivity contribution in [3.05, 3.63) is 88.7 Å². The Morgan fingerprint density at radius 2 is 1.56 bits per heavy atom. The van der Waals surface area contributed by atoms with E-state index in [4.69, 9.17) is 14.5 Å². The Morgan fingerprint density at radius 1 is 0.853 bits per heavy atom. The van der Waals surface area contributed by atoms with Crippen molar-refractivity contribution in [2.24, 2.45) is 0 Å². The molecule has 1 aromatic heterocycles. The van der Waals surface area contributed by atoms with Gasteiger partial charge in [0.1, 0.15) is 36.6 Å². The SMILES string of the molecule is Cc1ccc(OCC(O)Cn2c(COc3ccc(C(C)C)c(C)c3)nc3ccccc32)cc1C. The molecule has 0 aliphatic rings. The van der Waals surface area contributed by atoms with E-state index in [1.165, 1.54) is 22.3 Å². The van der Waals surface area contributed by atoms with Crippen LogP contribution in [0.25, 0.3) is 11.0 Å². The first-order valence-corrected chi connectivity index (χ1v) is 11.9. The lowest BCUT2D eigenvalue weighted by molar-refractivity contribution is 0.0917. The van der Waals surface area contributed by atoms with E-state index in [-0.39, 0.29) is 6.61 Å². The molecule has 1 unspecified atom stereocenters. The molecule has 0 aliphatic heterocycles. The van der Waals surface area contributed by atoms with Crippen LogP contribution in [-0.4, -0.2) is 27.4 Å². The highest BCUT2D eigenvalue weighted by Crippen LogP contribution is 2.25. The maximum atomic E-state index is 10.8. The van der Waals surface area contributed by atoms with Gasteiger partial charge in [-0.15, -0.1) is 0 Å². The number of fused-ring (bicyclic) bond motifs is 1. The van der Waals surface area contributed by atoms with Crippen LogP contribution in [0.2, 0.25) is 0 Å². The fourth-order valence-electron chi connectivity index (χ4n) is 4.23. The van der Waals surface area contributed by atoms with Gasteiger partial charge < -0.3 is 19.1 Å². The molecule has 1 N–H and O–H groups in total. The molecule has 4 rings (SSSR count). The van der Waals surface area contributed by atoms with Gasteiger partial charge >= 0.3 is 0 Å². The summed E-state index contributed by atoms with van der Waals surface area (Å²) in [6.45, 7) is 11.5. The van der Waals surface area contributed by atoms with Crippen molar-refractivity contribution < 1.29 is 14.6 Å². The van der Waals surface area contributed by atoms with E-state index in [1.807, 2.05) is 53.1 Å². The van der Waals surface area contributed by atoms with Gasteiger partial charge in [0.2, 0.25) is 0 Å². The number of para-hydroxylation sites is 2. The van der Waals surface area contributed by atoms with Gasteiger partial charge in [-0.25, -0.2) is 4.98 Å². The van der Waals surface area contributed by atoms with E-state index >= 15 is 0 Å². The third kappa shape index (κ3) is 5.42. The van der Waals surface area contributed by atoms with Gasteiger partial charge in [0, 0.05) is 0 Å². The number of nitrogens with zero attached hydrogens (tertiary/aromatic N) is 2. The lowest BCUT2D eigenvalue weighted by Crippen LogP contribution is -2.25. The van der Waals surface area contributed by atoms with Crippen molar-refractivity contribution in [2.75, 3.05) is 6.61 Å². The molecule has 0 saturated heterocycles. The summed E-state index contributed by atoms with van der Waals surface area (Å²) in [4.78, 5) is 4.77. The predicted molar refractivity (Wildman–Crippen MR) is 137 cm³/mol. The number of rotatable bonds is 9. The number of benzene rings is 3. The van der Waals surface area contributed by atoms with Gasteiger partial charge in [0.25, 0.3) is 0 Å². The molecule has 1 atom stereocenters. The summed E-state index contributed by atoms with van der Waals surface area (Å²) < 4.78 is 14.0. The highest BCUT2D eigenvalue weighted by molar-refractivity contribution is 5.75. The quantitative estimate of drug-likeness (QED) is 0.329. The summed E-state index contributed by atoms with van der Waals surface area (Å²) in [6.07, 6.45) is -0.689. The Morgan fingerprint density at radius 3 is 2.29 bits per heavy atom. The van der Waals surface area contributed by atoms with E-state index in [1.54, 1.807) is 0 Å². The molecule has 0 saturated carbocycles. The van der Waals surface area contributed by atoms with E-state index < -0.39 is 6.10 Å². The molecule has 4 aromatic rings. The Kier molecular flexibility index (Phi) is 7.23. The van der Waals surface area contributed by atoms with Gasteiger partial charge in [0.05, 0.1) is 17.6 Å². The summed E-state index contributed by atoms with van der Waals surface area (Å²) in [5, 5.41) is 10.8. The first-order valence-electron chi connectivity index (χ1n) is 11.9. The maximum Gasteiger partial charge on any atom is 0.148 e. The number of aliphatic hydroxyl groups is 1. The summed E-state index contributed by atoms with van der Waals surface area (Å²) in [5.41, 5.74) is 6.79. The molecule has 0 fully saturated rings. The molecule has 178 valence electrons. The summed E-state index contributed by atoms with van der Waals surface area (Å²) in [7, 11) is 0. The van der Waals surface area contributed by atoms with Gasteiger partial charge in [0.15, 0.2) is 0 Å². The molecule has 1 heterocycles. The fraction of sp³-hybridized carbons (Fsp3) is 0.345. The molecule has 0 spiro atoms. The Labute approximate surface area is 202 Å². The summed E-state index contributed by atoms with van der Waals surface area (Å²) in [6, 6.07) is 20.1. The molecule has 0 aliphatic carbocycles. The number of aryl methyl sites for hydroxylation is 3. The van der Waals surface area contributed by atoms with Crippen LogP contribution in [-0.2, 0) is 13.2 Å². The molecule has 34 heavy (non-hydrogen) atoms. The van der Waals surface area contributed by atoms with Crippen molar-refractivity contribution in [3.8, 4) is 11.5 Å². The molecular formula is C29H34N2O3. The average Bonchev–Trinajstić information content (AvgIpc) is 3.15. The Balaban J connectivity index is 1.48. The predicted octanol–water partition coefficient (Wildman–Crippen LogP) is 6.10. The minimum atomic E-state index is -0.689. The number of hydrogen-bond acceptors (Lipinski definition) is 4. The third-order valence-electron chi connectivity index (χ3n) is 6.28.